The standard InChI is InChI=1S/C14H24N2O4S/c1-3-21-10-6-4-5-9(10)15-13(19)16-11-7-20-8-14(11,2)12(17)18/h9-11H,3-8H2,1-2H3,(H,17,18)(H2,15,16,19). The third kappa shape index (κ3) is 3.63. The molecule has 1 heterocycles. The average Bonchev–Trinajstić information content (AvgIpc) is 2.99. The number of thioether (sulfide) groups is 1. The van der Waals surface area contributed by atoms with E-state index in [1.54, 1.807) is 6.92 Å². The Labute approximate surface area is 129 Å². The van der Waals surface area contributed by atoms with Gasteiger partial charge in [0.2, 0.25) is 0 Å². The second kappa shape index (κ2) is 6.87. The summed E-state index contributed by atoms with van der Waals surface area (Å²) >= 11 is 1.88. The number of carboxylic acids is 1. The van der Waals surface area contributed by atoms with Crippen molar-refractivity contribution in [3.05, 3.63) is 0 Å². The van der Waals surface area contributed by atoms with E-state index in [0.717, 1.165) is 25.0 Å². The first-order valence-electron chi connectivity index (χ1n) is 7.47. The van der Waals surface area contributed by atoms with Crippen LogP contribution in [0, 0.1) is 5.41 Å². The summed E-state index contributed by atoms with van der Waals surface area (Å²) in [6.07, 6.45) is 3.24. The van der Waals surface area contributed by atoms with Crippen molar-refractivity contribution in [2.75, 3.05) is 19.0 Å². The van der Waals surface area contributed by atoms with Crippen LogP contribution in [-0.4, -0.2) is 53.4 Å². The van der Waals surface area contributed by atoms with Crippen molar-refractivity contribution in [3.63, 3.8) is 0 Å². The molecule has 2 rings (SSSR count). The van der Waals surface area contributed by atoms with E-state index in [1.807, 2.05) is 11.8 Å². The fourth-order valence-corrected chi connectivity index (χ4v) is 4.16. The molecule has 3 N–H and O–H groups in total. The van der Waals surface area contributed by atoms with Gasteiger partial charge in [0, 0.05) is 11.3 Å². The molecular formula is C14H24N2O4S. The Balaban J connectivity index is 1.88. The van der Waals surface area contributed by atoms with Crippen LogP contribution in [0.3, 0.4) is 0 Å². The molecule has 0 aromatic rings. The maximum atomic E-state index is 12.1. The molecule has 2 fully saturated rings. The number of amides is 2. The summed E-state index contributed by atoms with van der Waals surface area (Å²) in [5.74, 6) is 0.100. The number of carbonyl (C=O) groups is 2. The lowest BCUT2D eigenvalue weighted by atomic mass is 9.85. The van der Waals surface area contributed by atoms with Gasteiger partial charge in [0.25, 0.3) is 0 Å². The molecule has 0 aromatic heterocycles. The van der Waals surface area contributed by atoms with Crippen LogP contribution in [-0.2, 0) is 9.53 Å². The maximum absolute atomic E-state index is 12.1. The molecule has 0 bridgehead atoms. The molecule has 1 saturated carbocycles. The highest BCUT2D eigenvalue weighted by molar-refractivity contribution is 7.99. The van der Waals surface area contributed by atoms with Crippen molar-refractivity contribution in [3.8, 4) is 0 Å². The normalized spacial score (nSPS) is 35.6. The summed E-state index contributed by atoms with van der Waals surface area (Å²) in [6.45, 7) is 4.10. The molecule has 2 aliphatic rings. The summed E-state index contributed by atoms with van der Waals surface area (Å²) in [5.41, 5.74) is -1.05. The predicted molar refractivity (Wildman–Crippen MR) is 81.6 cm³/mol. The number of rotatable bonds is 5. The fraction of sp³-hybridized carbons (Fsp3) is 0.857. The molecule has 0 radical (unpaired) electrons. The molecule has 120 valence electrons. The van der Waals surface area contributed by atoms with Gasteiger partial charge in [0.1, 0.15) is 5.41 Å². The first-order valence-corrected chi connectivity index (χ1v) is 8.52. The minimum atomic E-state index is -1.05. The maximum Gasteiger partial charge on any atom is 0.315 e. The van der Waals surface area contributed by atoms with Crippen molar-refractivity contribution in [2.24, 2.45) is 5.41 Å². The van der Waals surface area contributed by atoms with E-state index < -0.39 is 17.4 Å². The van der Waals surface area contributed by atoms with E-state index in [9.17, 15) is 14.7 Å². The minimum absolute atomic E-state index is 0.130. The van der Waals surface area contributed by atoms with Gasteiger partial charge < -0.3 is 20.5 Å². The van der Waals surface area contributed by atoms with Gasteiger partial charge in [-0.05, 0) is 25.5 Å². The van der Waals surface area contributed by atoms with E-state index in [-0.39, 0.29) is 25.3 Å². The third-order valence-corrected chi connectivity index (χ3v) is 5.72. The smallest absolute Gasteiger partial charge is 0.315 e. The molecule has 0 aromatic carbocycles. The minimum Gasteiger partial charge on any atom is -0.481 e. The van der Waals surface area contributed by atoms with Crippen LogP contribution in [0.15, 0.2) is 0 Å². The summed E-state index contributed by atoms with van der Waals surface area (Å²) in [6, 6.07) is -0.603. The molecule has 4 unspecified atom stereocenters. The van der Waals surface area contributed by atoms with Gasteiger partial charge in [-0.25, -0.2) is 4.79 Å². The number of urea groups is 1. The van der Waals surface area contributed by atoms with Crippen molar-refractivity contribution in [1.82, 2.24) is 10.6 Å². The monoisotopic (exact) mass is 316 g/mol. The van der Waals surface area contributed by atoms with Gasteiger partial charge in [-0.2, -0.15) is 11.8 Å². The lowest BCUT2D eigenvalue weighted by molar-refractivity contribution is -0.148. The van der Waals surface area contributed by atoms with Gasteiger partial charge >= 0.3 is 12.0 Å². The lowest BCUT2D eigenvalue weighted by Gasteiger charge is -2.27. The van der Waals surface area contributed by atoms with Crippen LogP contribution >= 0.6 is 11.8 Å². The molecule has 1 aliphatic heterocycles. The van der Waals surface area contributed by atoms with Crippen LogP contribution < -0.4 is 10.6 Å². The molecular weight excluding hydrogens is 292 g/mol. The van der Waals surface area contributed by atoms with E-state index in [0.29, 0.717) is 5.25 Å². The summed E-state index contributed by atoms with van der Waals surface area (Å²) in [4.78, 5) is 23.5. The zero-order chi connectivity index (χ0) is 15.5. The van der Waals surface area contributed by atoms with Crippen molar-refractivity contribution in [2.45, 2.75) is 50.4 Å². The molecule has 1 saturated heterocycles. The lowest BCUT2D eigenvalue weighted by Crippen LogP contribution is -2.54. The third-order valence-electron chi connectivity index (χ3n) is 4.40. The van der Waals surface area contributed by atoms with Crippen molar-refractivity contribution in [1.29, 1.82) is 0 Å². The highest BCUT2D eigenvalue weighted by Crippen LogP contribution is 2.31. The first kappa shape index (κ1) is 16.4. The van der Waals surface area contributed by atoms with E-state index in [1.165, 1.54) is 0 Å². The zero-order valence-corrected chi connectivity index (χ0v) is 13.4. The molecule has 7 heteroatoms. The Morgan fingerprint density at radius 3 is 2.81 bits per heavy atom. The van der Waals surface area contributed by atoms with Gasteiger partial charge in [0.05, 0.1) is 19.3 Å². The Hall–Kier alpha value is -0.950. The largest absolute Gasteiger partial charge is 0.481 e. The van der Waals surface area contributed by atoms with E-state index in [2.05, 4.69) is 17.6 Å². The number of carbonyl (C=O) groups excluding carboxylic acids is 1. The first-order chi connectivity index (χ1) is 9.97. The molecule has 2 amide bonds. The Kier molecular flexibility index (Phi) is 5.37. The Morgan fingerprint density at radius 1 is 1.38 bits per heavy atom. The molecule has 1 aliphatic carbocycles. The average molecular weight is 316 g/mol. The molecule has 4 atom stereocenters. The van der Waals surface area contributed by atoms with Gasteiger partial charge in [-0.1, -0.05) is 13.3 Å². The second-order valence-corrected chi connectivity index (χ2v) is 7.46. The molecule has 0 spiro atoms. The van der Waals surface area contributed by atoms with Gasteiger partial charge in [-0.3, -0.25) is 4.79 Å². The number of hydrogen-bond acceptors (Lipinski definition) is 4. The fourth-order valence-electron chi connectivity index (χ4n) is 2.96. The number of aliphatic carboxylic acids is 1. The summed E-state index contributed by atoms with van der Waals surface area (Å²) in [7, 11) is 0. The highest BCUT2D eigenvalue weighted by atomic mass is 32.2. The topological polar surface area (TPSA) is 87.7 Å². The SMILES string of the molecule is CCSC1CCCC1NC(=O)NC1COCC1(C)C(=O)O. The van der Waals surface area contributed by atoms with E-state index >= 15 is 0 Å². The summed E-state index contributed by atoms with van der Waals surface area (Å²) in [5, 5.41) is 15.5. The van der Waals surface area contributed by atoms with E-state index in [4.69, 9.17) is 4.74 Å². The van der Waals surface area contributed by atoms with Gasteiger partial charge in [0.15, 0.2) is 0 Å². The number of ether oxygens (including phenoxy) is 1. The highest BCUT2D eigenvalue weighted by Gasteiger charge is 2.47. The zero-order valence-electron chi connectivity index (χ0n) is 12.6. The number of carboxylic acid groups (broad SMARTS) is 1. The predicted octanol–water partition coefficient (Wildman–Crippen LogP) is 1.45. The molecule has 6 nitrogen and oxygen atoms in total. The molecule has 21 heavy (non-hydrogen) atoms. The van der Waals surface area contributed by atoms with Crippen LogP contribution in [0.1, 0.15) is 33.1 Å². The van der Waals surface area contributed by atoms with Crippen molar-refractivity contribution < 1.29 is 19.4 Å². The summed E-state index contributed by atoms with van der Waals surface area (Å²) < 4.78 is 5.24. The van der Waals surface area contributed by atoms with Crippen LogP contribution in [0.2, 0.25) is 0 Å². The Morgan fingerprint density at radius 2 is 2.14 bits per heavy atom. The van der Waals surface area contributed by atoms with Crippen LogP contribution in [0.4, 0.5) is 4.79 Å². The van der Waals surface area contributed by atoms with Gasteiger partial charge in [-0.15, -0.1) is 0 Å². The van der Waals surface area contributed by atoms with Crippen LogP contribution in [0.5, 0.6) is 0 Å². The van der Waals surface area contributed by atoms with Crippen molar-refractivity contribution >= 4 is 23.8 Å². The Bertz CT molecular complexity index is 406. The number of nitrogens with one attached hydrogen (secondary N) is 2. The number of hydrogen-bond donors (Lipinski definition) is 3. The second-order valence-electron chi connectivity index (χ2n) is 5.94. The quantitative estimate of drug-likeness (QED) is 0.714. The van der Waals surface area contributed by atoms with Crippen LogP contribution in [0.25, 0.3) is 0 Å².